The van der Waals surface area contributed by atoms with E-state index in [-0.39, 0.29) is 10.8 Å². The van der Waals surface area contributed by atoms with Crippen LogP contribution in [0.2, 0.25) is 5.02 Å². The van der Waals surface area contributed by atoms with Gasteiger partial charge in [0.2, 0.25) is 5.91 Å². The van der Waals surface area contributed by atoms with Crippen LogP contribution in [0.15, 0.2) is 47.4 Å². The first kappa shape index (κ1) is 15.8. The SMILES string of the molecule is C[C@H](Sc1ccc(F)cc1F)C(=O)Nc1cccc(Cl)c1. The molecule has 0 aliphatic carbocycles. The van der Waals surface area contributed by atoms with Gasteiger partial charge in [-0.15, -0.1) is 11.8 Å². The van der Waals surface area contributed by atoms with Crippen molar-refractivity contribution in [1.29, 1.82) is 0 Å². The van der Waals surface area contributed by atoms with E-state index in [9.17, 15) is 13.6 Å². The molecule has 0 heterocycles. The summed E-state index contributed by atoms with van der Waals surface area (Å²) in [6.07, 6.45) is 0. The van der Waals surface area contributed by atoms with Crippen LogP contribution in [0.5, 0.6) is 0 Å². The van der Waals surface area contributed by atoms with E-state index in [1.807, 2.05) is 0 Å². The van der Waals surface area contributed by atoms with Gasteiger partial charge >= 0.3 is 0 Å². The van der Waals surface area contributed by atoms with Crippen LogP contribution in [0.1, 0.15) is 6.92 Å². The van der Waals surface area contributed by atoms with Gasteiger partial charge in [-0.25, -0.2) is 8.78 Å². The molecule has 0 aliphatic rings. The Morgan fingerprint density at radius 3 is 2.67 bits per heavy atom. The topological polar surface area (TPSA) is 29.1 Å². The minimum atomic E-state index is -0.678. The highest BCUT2D eigenvalue weighted by molar-refractivity contribution is 8.00. The molecule has 0 saturated heterocycles. The van der Waals surface area contributed by atoms with Crippen LogP contribution in [-0.2, 0) is 4.79 Å². The fraction of sp³-hybridized carbons (Fsp3) is 0.133. The van der Waals surface area contributed by atoms with E-state index in [1.54, 1.807) is 31.2 Å². The summed E-state index contributed by atoms with van der Waals surface area (Å²) < 4.78 is 26.4. The van der Waals surface area contributed by atoms with Gasteiger partial charge < -0.3 is 5.32 Å². The number of amides is 1. The standard InChI is InChI=1S/C15H12ClF2NOS/c1-9(21-14-6-5-11(17)8-13(14)18)15(20)19-12-4-2-3-10(16)7-12/h2-9H,1H3,(H,19,20)/t9-/m0/s1. The van der Waals surface area contributed by atoms with Crippen molar-refractivity contribution >= 4 is 35.0 Å². The van der Waals surface area contributed by atoms with Gasteiger partial charge in [0.05, 0.1) is 5.25 Å². The number of carbonyl (C=O) groups is 1. The maximum Gasteiger partial charge on any atom is 0.237 e. The van der Waals surface area contributed by atoms with E-state index in [0.29, 0.717) is 10.7 Å². The first-order valence-corrected chi connectivity index (χ1v) is 7.39. The highest BCUT2D eigenvalue weighted by Gasteiger charge is 2.17. The molecule has 2 nitrogen and oxygen atoms in total. The maximum atomic E-state index is 13.5. The summed E-state index contributed by atoms with van der Waals surface area (Å²) in [5.41, 5.74) is 0.569. The molecule has 2 aromatic carbocycles. The van der Waals surface area contributed by atoms with Gasteiger partial charge in [0.1, 0.15) is 11.6 Å². The van der Waals surface area contributed by atoms with Crippen molar-refractivity contribution in [2.45, 2.75) is 17.1 Å². The van der Waals surface area contributed by atoms with Gasteiger partial charge in [-0.2, -0.15) is 0 Å². The van der Waals surface area contributed by atoms with Crippen molar-refractivity contribution in [3.8, 4) is 0 Å². The number of anilines is 1. The third-order valence-corrected chi connectivity index (χ3v) is 4.05. The molecule has 0 unspecified atom stereocenters. The highest BCUT2D eigenvalue weighted by Crippen LogP contribution is 2.27. The molecular weight excluding hydrogens is 316 g/mol. The van der Waals surface area contributed by atoms with Crippen LogP contribution in [0.25, 0.3) is 0 Å². The van der Waals surface area contributed by atoms with Crippen molar-refractivity contribution in [1.82, 2.24) is 0 Å². The molecule has 0 saturated carbocycles. The summed E-state index contributed by atoms with van der Waals surface area (Å²) in [4.78, 5) is 12.3. The Labute approximate surface area is 130 Å². The zero-order valence-corrected chi connectivity index (χ0v) is 12.6. The molecule has 0 radical (unpaired) electrons. The maximum absolute atomic E-state index is 13.5. The molecule has 21 heavy (non-hydrogen) atoms. The van der Waals surface area contributed by atoms with Crippen LogP contribution >= 0.6 is 23.4 Å². The van der Waals surface area contributed by atoms with E-state index in [2.05, 4.69) is 5.32 Å². The molecule has 0 spiro atoms. The number of thioether (sulfide) groups is 1. The van der Waals surface area contributed by atoms with Crippen molar-refractivity contribution in [3.63, 3.8) is 0 Å². The largest absolute Gasteiger partial charge is 0.325 e. The third kappa shape index (κ3) is 4.44. The molecule has 110 valence electrons. The first-order valence-electron chi connectivity index (χ1n) is 6.14. The Balaban J connectivity index is 2.02. The number of carbonyl (C=O) groups excluding carboxylic acids is 1. The lowest BCUT2D eigenvalue weighted by Gasteiger charge is -2.12. The Morgan fingerprint density at radius 2 is 2.00 bits per heavy atom. The molecule has 0 aliphatic heterocycles. The van der Waals surface area contributed by atoms with Crippen molar-refractivity contribution in [2.24, 2.45) is 0 Å². The van der Waals surface area contributed by atoms with E-state index >= 15 is 0 Å². The average molecular weight is 328 g/mol. The predicted molar refractivity (Wildman–Crippen MR) is 81.8 cm³/mol. The minimum Gasteiger partial charge on any atom is -0.325 e. The number of hydrogen-bond donors (Lipinski definition) is 1. The number of benzene rings is 2. The molecule has 1 atom stereocenters. The molecule has 1 N–H and O–H groups in total. The first-order chi connectivity index (χ1) is 9.95. The van der Waals surface area contributed by atoms with Crippen molar-refractivity contribution < 1.29 is 13.6 Å². The van der Waals surface area contributed by atoms with Crippen molar-refractivity contribution in [2.75, 3.05) is 5.32 Å². The molecule has 0 aromatic heterocycles. The van der Waals surface area contributed by atoms with Gasteiger partial charge in [-0.05, 0) is 37.3 Å². The molecule has 1 amide bonds. The summed E-state index contributed by atoms with van der Waals surface area (Å²) in [5, 5.41) is 2.67. The normalized spacial score (nSPS) is 12.0. The second kappa shape index (κ2) is 6.91. The van der Waals surface area contributed by atoms with Gasteiger partial charge in [0.15, 0.2) is 0 Å². The van der Waals surface area contributed by atoms with Gasteiger partial charge in [0.25, 0.3) is 0 Å². The van der Waals surface area contributed by atoms with Crippen LogP contribution in [0.3, 0.4) is 0 Å². The summed E-state index contributed by atoms with van der Waals surface area (Å²) in [6.45, 7) is 1.65. The Hall–Kier alpha value is -1.59. The fourth-order valence-corrected chi connectivity index (χ4v) is 2.68. The quantitative estimate of drug-likeness (QED) is 0.822. The lowest BCUT2D eigenvalue weighted by Crippen LogP contribution is -2.22. The second-order valence-corrected chi connectivity index (χ2v) is 6.15. The van der Waals surface area contributed by atoms with E-state index in [4.69, 9.17) is 11.6 Å². The fourth-order valence-electron chi connectivity index (χ4n) is 1.62. The third-order valence-electron chi connectivity index (χ3n) is 2.66. The van der Waals surface area contributed by atoms with Crippen LogP contribution in [0.4, 0.5) is 14.5 Å². The molecule has 6 heteroatoms. The average Bonchev–Trinajstić information content (AvgIpc) is 2.41. The summed E-state index contributed by atoms with van der Waals surface area (Å²) in [5.74, 6) is -1.61. The van der Waals surface area contributed by atoms with Crippen LogP contribution in [-0.4, -0.2) is 11.2 Å². The number of hydrogen-bond acceptors (Lipinski definition) is 2. The van der Waals surface area contributed by atoms with Crippen LogP contribution < -0.4 is 5.32 Å². The lowest BCUT2D eigenvalue weighted by atomic mass is 10.3. The molecular formula is C15H12ClF2NOS. The molecule has 0 fully saturated rings. The number of rotatable bonds is 4. The summed E-state index contributed by atoms with van der Waals surface area (Å²) in [6, 6.07) is 10.0. The molecule has 2 aromatic rings. The molecule has 0 bridgehead atoms. The summed E-state index contributed by atoms with van der Waals surface area (Å²) >= 11 is 6.86. The lowest BCUT2D eigenvalue weighted by molar-refractivity contribution is -0.115. The van der Waals surface area contributed by atoms with E-state index in [1.165, 1.54) is 6.07 Å². The molecule has 2 rings (SSSR count). The van der Waals surface area contributed by atoms with E-state index in [0.717, 1.165) is 23.9 Å². The Morgan fingerprint density at radius 1 is 1.24 bits per heavy atom. The predicted octanol–water partition coefficient (Wildman–Crippen LogP) is 4.74. The Bertz CT molecular complexity index is 666. The highest BCUT2D eigenvalue weighted by atomic mass is 35.5. The zero-order chi connectivity index (χ0) is 15.4. The van der Waals surface area contributed by atoms with Gasteiger partial charge in [-0.1, -0.05) is 17.7 Å². The van der Waals surface area contributed by atoms with Gasteiger partial charge in [-0.3, -0.25) is 4.79 Å². The van der Waals surface area contributed by atoms with Crippen molar-refractivity contribution in [3.05, 3.63) is 59.1 Å². The van der Waals surface area contributed by atoms with Crippen LogP contribution in [0, 0.1) is 11.6 Å². The van der Waals surface area contributed by atoms with E-state index < -0.39 is 16.9 Å². The zero-order valence-electron chi connectivity index (χ0n) is 11.1. The summed E-state index contributed by atoms with van der Waals surface area (Å²) in [7, 11) is 0. The van der Waals surface area contributed by atoms with Gasteiger partial charge in [0, 0.05) is 21.7 Å². The monoisotopic (exact) mass is 327 g/mol. The second-order valence-electron chi connectivity index (χ2n) is 4.33. The minimum absolute atomic E-state index is 0.227. The number of nitrogens with one attached hydrogen (secondary N) is 1. The number of halogens is 3. The Kier molecular flexibility index (Phi) is 5.20. The smallest absolute Gasteiger partial charge is 0.237 e.